The fourth-order valence-electron chi connectivity index (χ4n) is 0.546. The fourth-order valence-corrected chi connectivity index (χ4v) is 0.990. The Morgan fingerprint density at radius 2 is 2.40 bits per heavy atom. The van der Waals surface area contributed by atoms with Crippen LogP contribution in [0.5, 0.6) is 0 Å². The van der Waals surface area contributed by atoms with Gasteiger partial charge in [-0.15, -0.1) is 0 Å². The molecule has 1 aromatic rings. The van der Waals surface area contributed by atoms with Crippen LogP contribution >= 0.6 is 15.9 Å². The van der Waals surface area contributed by atoms with Gasteiger partial charge >= 0.3 is 0 Å². The third kappa shape index (κ3) is 1.13. The minimum absolute atomic E-state index is 0.251. The molecule has 1 heterocycles. The Hall–Kier alpha value is -0.970. The van der Waals surface area contributed by atoms with Gasteiger partial charge in [0.1, 0.15) is 0 Å². The molecule has 4 nitrogen and oxygen atoms in total. The van der Waals surface area contributed by atoms with Crippen LogP contribution < -0.4 is 11.6 Å². The Balaban J connectivity index is 3.05. The molecular formula is C5H6BrN3O. The average molecular weight is 204 g/mol. The van der Waals surface area contributed by atoms with Gasteiger partial charge in [-0.3, -0.25) is 0 Å². The van der Waals surface area contributed by atoms with Crippen molar-refractivity contribution >= 4 is 21.8 Å². The largest absolute Gasteiger partial charge is 0.457 e. The molecule has 0 unspecified atom stereocenters. The average Bonchev–Trinajstić information content (AvgIpc) is 2.34. The van der Waals surface area contributed by atoms with Crippen LogP contribution in [0, 0.1) is 0 Å². The molecule has 4 N–H and O–H groups in total. The highest BCUT2D eigenvalue weighted by Crippen LogP contribution is 2.16. The topological polar surface area (TPSA) is 77.5 Å². The first-order valence-corrected chi connectivity index (χ1v) is 3.31. The van der Waals surface area contributed by atoms with E-state index in [1.165, 1.54) is 6.26 Å². The monoisotopic (exact) mass is 203 g/mol. The summed E-state index contributed by atoms with van der Waals surface area (Å²) in [4.78, 5) is 0. The molecule has 0 spiro atoms. The molecule has 54 valence electrons. The van der Waals surface area contributed by atoms with Crippen molar-refractivity contribution in [3.63, 3.8) is 0 Å². The standard InChI is InChI=1S/C5H6BrN3O/c6-4-3(1-2-10-4)5(7)9-8/h1-2H,8H2,(H2,7,9). The molecule has 0 aliphatic heterocycles. The lowest BCUT2D eigenvalue weighted by Gasteiger charge is -1.91. The van der Waals surface area contributed by atoms with Gasteiger partial charge in [0.25, 0.3) is 0 Å². The molecule has 0 saturated heterocycles. The predicted octanol–water partition coefficient (Wildman–Crippen LogP) is 0.621. The van der Waals surface area contributed by atoms with Gasteiger partial charge in [0.05, 0.1) is 11.8 Å². The Morgan fingerprint density at radius 3 is 2.80 bits per heavy atom. The predicted molar refractivity (Wildman–Crippen MR) is 41.3 cm³/mol. The summed E-state index contributed by atoms with van der Waals surface area (Å²) in [7, 11) is 0. The summed E-state index contributed by atoms with van der Waals surface area (Å²) in [6, 6.07) is 1.68. The highest BCUT2D eigenvalue weighted by molar-refractivity contribution is 9.10. The molecule has 0 atom stereocenters. The van der Waals surface area contributed by atoms with Crippen molar-refractivity contribution < 1.29 is 4.42 Å². The lowest BCUT2D eigenvalue weighted by atomic mass is 10.3. The van der Waals surface area contributed by atoms with Crippen LogP contribution in [0.3, 0.4) is 0 Å². The summed E-state index contributed by atoms with van der Waals surface area (Å²) >= 11 is 3.12. The van der Waals surface area contributed by atoms with E-state index in [0.29, 0.717) is 10.2 Å². The molecule has 0 aromatic carbocycles. The van der Waals surface area contributed by atoms with Gasteiger partial charge in [0.2, 0.25) is 0 Å². The van der Waals surface area contributed by atoms with Crippen molar-refractivity contribution in [3.8, 4) is 0 Å². The highest BCUT2D eigenvalue weighted by atomic mass is 79.9. The first kappa shape index (κ1) is 7.14. The van der Waals surface area contributed by atoms with Crippen LogP contribution in [0.1, 0.15) is 5.56 Å². The second-order valence-electron chi connectivity index (χ2n) is 1.62. The zero-order valence-corrected chi connectivity index (χ0v) is 6.63. The Kier molecular flexibility index (Phi) is 1.96. The molecule has 0 saturated carbocycles. The minimum Gasteiger partial charge on any atom is -0.457 e. The maximum absolute atomic E-state index is 5.37. The normalized spacial score (nSPS) is 11.9. The zero-order chi connectivity index (χ0) is 7.56. The Morgan fingerprint density at radius 1 is 1.70 bits per heavy atom. The third-order valence-corrected chi connectivity index (χ3v) is 1.65. The van der Waals surface area contributed by atoms with Gasteiger partial charge in [0, 0.05) is 0 Å². The van der Waals surface area contributed by atoms with Crippen molar-refractivity contribution in [1.29, 1.82) is 0 Å². The lowest BCUT2D eigenvalue weighted by Crippen LogP contribution is -2.14. The first-order valence-electron chi connectivity index (χ1n) is 2.52. The number of hydrogen-bond acceptors (Lipinski definition) is 3. The van der Waals surface area contributed by atoms with E-state index >= 15 is 0 Å². The smallest absolute Gasteiger partial charge is 0.179 e. The number of furan rings is 1. The third-order valence-electron chi connectivity index (χ3n) is 1.03. The first-order chi connectivity index (χ1) is 4.75. The van der Waals surface area contributed by atoms with Crippen molar-refractivity contribution in [2.45, 2.75) is 0 Å². The van der Waals surface area contributed by atoms with Crippen LogP contribution in [-0.4, -0.2) is 5.84 Å². The molecule has 10 heavy (non-hydrogen) atoms. The summed E-state index contributed by atoms with van der Waals surface area (Å²) in [5.74, 6) is 5.18. The summed E-state index contributed by atoms with van der Waals surface area (Å²) in [5, 5.41) is 3.30. The summed E-state index contributed by atoms with van der Waals surface area (Å²) in [6.07, 6.45) is 1.50. The van der Waals surface area contributed by atoms with Crippen LogP contribution in [-0.2, 0) is 0 Å². The van der Waals surface area contributed by atoms with E-state index in [9.17, 15) is 0 Å². The molecule has 0 aliphatic carbocycles. The molecule has 0 fully saturated rings. The van der Waals surface area contributed by atoms with Crippen molar-refractivity contribution in [3.05, 3.63) is 22.6 Å². The van der Waals surface area contributed by atoms with E-state index in [0.717, 1.165) is 0 Å². The van der Waals surface area contributed by atoms with Gasteiger partial charge in [-0.05, 0) is 22.0 Å². The van der Waals surface area contributed by atoms with Crippen LogP contribution in [0.25, 0.3) is 0 Å². The minimum atomic E-state index is 0.251. The molecule has 0 radical (unpaired) electrons. The molecule has 0 aliphatic rings. The fraction of sp³-hybridized carbons (Fsp3) is 0. The molecule has 0 amide bonds. The number of amidine groups is 1. The molecular weight excluding hydrogens is 198 g/mol. The quantitative estimate of drug-likeness (QED) is 0.304. The number of hydrazone groups is 1. The van der Waals surface area contributed by atoms with E-state index in [1.54, 1.807) is 6.07 Å². The molecule has 1 rings (SSSR count). The number of hydrogen-bond donors (Lipinski definition) is 2. The van der Waals surface area contributed by atoms with Gasteiger partial charge < -0.3 is 16.0 Å². The Bertz CT molecular complexity index is 255. The Labute approximate surface area is 66.0 Å². The van der Waals surface area contributed by atoms with Crippen molar-refractivity contribution in [2.75, 3.05) is 0 Å². The van der Waals surface area contributed by atoms with E-state index in [2.05, 4.69) is 21.0 Å². The van der Waals surface area contributed by atoms with Crippen LogP contribution in [0.15, 0.2) is 26.5 Å². The summed E-state index contributed by atoms with van der Waals surface area (Å²) < 4.78 is 5.43. The second kappa shape index (κ2) is 2.74. The van der Waals surface area contributed by atoms with Crippen LogP contribution in [0.2, 0.25) is 0 Å². The van der Waals surface area contributed by atoms with E-state index in [1.807, 2.05) is 0 Å². The van der Waals surface area contributed by atoms with E-state index in [4.69, 9.17) is 16.0 Å². The van der Waals surface area contributed by atoms with Crippen molar-refractivity contribution in [2.24, 2.45) is 16.7 Å². The molecule has 1 aromatic heterocycles. The van der Waals surface area contributed by atoms with E-state index < -0.39 is 0 Å². The maximum atomic E-state index is 5.37. The highest BCUT2D eigenvalue weighted by Gasteiger charge is 2.05. The van der Waals surface area contributed by atoms with Crippen molar-refractivity contribution in [1.82, 2.24) is 0 Å². The second-order valence-corrected chi connectivity index (χ2v) is 2.34. The SMILES string of the molecule is N/N=C(/N)c1ccoc1Br. The van der Waals surface area contributed by atoms with Gasteiger partial charge in [-0.2, -0.15) is 5.10 Å². The lowest BCUT2D eigenvalue weighted by molar-refractivity contribution is 0.540. The molecule has 5 heteroatoms. The number of nitrogens with zero attached hydrogens (tertiary/aromatic N) is 1. The van der Waals surface area contributed by atoms with Gasteiger partial charge in [-0.1, -0.05) is 0 Å². The maximum Gasteiger partial charge on any atom is 0.179 e. The summed E-state index contributed by atoms with van der Waals surface area (Å²) in [5.41, 5.74) is 6.04. The zero-order valence-electron chi connectivity index (χ0n) is 5.04. The van der Waals surface area contributed by atoms with Gasteiger partial charge in [0.15, 0.2) is 10.5 Å². The summed E-state index contributed by atoms with van der Waals surface area (Å²) in [6.45, 7) is 0. The molecule has 0 bridgehead atoms. The number of rotatable bonds is 1. The van der Waals surface area contributed by atoms with Crippen LogP contribution in [0.4, 0.5) is 0 Å². The number of halogens is 1. The van der Waals surface area contributed by atoms with E-state index in [-0.39, 0.29) is 5.84 Å². The van der Waals surface area contributed by atoms with Gasteiger partial charge in [-0.25, -0.2) is 0 Å². The number of nitrogens with two attached hydrogens (primary N) is 2.